The van der Waals surface area contributed by atoms with E-state index in [0.717, 1.165) is 31.6 Å². The van der Waals surface area contributed by atoms with Crippen molar-refractivity contribution in [3.05, 3.63) is 22.8 Å². The Bertz CT molecular complexity index is 501. The van der Waals surface area contributed by atoms with E-state index >= 15 is 0 Å². The number of hydrogen-bond donors (Lipinski definition) is 1. The smallest absolute Gasteiger partial charge is 0.417 e. The van der Waals surface area contributed by atoms with E-state index in [0.29, 0.717) is 5.92 Å². The van der Waals surface area contributed by atoms with Gasteiger partial charge in [-0.2, -0.15) is 13.2 Å². The summed E-state index contributed by atoms with van der Waals surface area (Å²) >= 11 is 5.85. The van der Waals surface area contributed by atoms with Crippen LogP contribution in [0.2, 0.25) is 5.02 Å². The topological polar surface area (TPSA) is 34.1 Å². The number of fused-ring (bicyclic) bond motifs is 3. The molecule has 3 aliphatic rings. The van der Waals surface area contributed by atoms with Crippen LogP contribution in [0.4, 0.5) is 13.2 Å². The van der Waals surface area contributed by atoms with Crippen LogP contribution < -0.4 is 10.1 Å². The van der Waals surface area contributed by atoms with Gasteiger partial charge in [0.2, 0.25) is 5.88 Å². The Balaban J connectivity index is 1.75. The minimum atomic E-state index is -4.44. The van der Waals surface area contributed by atoms with E-state index in [4.69, 9.17) is 16.3 Å². The fourth-order valence-electron chi connectivity index (χ4n) is 2.89. The number of hydrogen-bond acceptors (Lipinski definition) is 3. The molecule has 3 atom stereocenters. The highest BCUT2D eigenvalue weighted by molar-refractivity contribution is 6.31. The van der Waals surface area contributed by atoms with Gasteiger partial charge in [-0.1, -0.05) is 11.6 Å². The highest BCUT2D eigenvalue weighted by atomic mass is 35.5. The lowest BCUT2D eigenvalue weighted by molar-refractivity contribution is -0.137. The first kappa shape index (κ1) is 13.9. The number of ether oxygens (including phenoxy) is 1. The summed E-state index contributed by atoms with van der Waals surface area (Å²) in [6.07, 6.45) is -0.656. The van der Waals surface area contributed by atoms with Crippen LogP contribution in [0.3, 0.4) is 0 Å². The molecule has 1 saturated carbocycles. The molecule has 1 aromatic rings. The molecule has 0 radical (unpaired) electrons. The zero-order valence-corrected chi connectivity index (χ0v) is 11.3. The molecule has 0 spiro atoms. The highest BCUT2D eigenvalue weighted by Gasteiger charge is 2.37. The van der Waals surface area contributed by atoms with Crippen molar-refractivity contribution in [1.29, 1.82) is 0 Å². The molecule has 2 saturated heterocycles. The molecule has 3 fully saturated rings. The summed E-state index contributed by atoms with van der Waals surface area (Å²) in [7, 11) is 0. The standard InChI is InChI=1S/C13H14ClF3N2O/c14-9-4-8(13(15,16)17)6-19-12(9)20-11-3-7-1-2-10(11)18-5-7/h4,6-7,10-11,18H,1-3,5H2/t7-,10+,11-/m1/s1. The van der Waals surface area contributed by atoms with Gasteiger partial charge in [0.15, 0.2) is 0 Å². The van der Waals surface area contributed by atoms with Gasteiger partial charge in [-0.25, -0.2) is 4.98 Å². The minimum absolute atomic E-state index is 0.0655. The maximum Gasteiger partial charge on any atom is 0.417 e. The third-order valence-electron chi connectivity index (χ3n) is 3.97. The largest absolute Gasteiger partial charge is 0.472 e. The second-order valence-corrected chi connectivity index (χ2v) is 5.77. The van der Waals surface area contributed by atoms with Crippen molar-refractivity contribution in [2.45, 2.75) is 37.6 Å². The van der Waals surface area contributed by atoms with Crippen molar-refractivity contribution >= 4 is 11.6 Å². The van der Waals surface area contributed by atoms with Crippen molar-refractivity contribution in [1.82, 2.24) is 10.3 Å². The van der Waals surface area contributed by atoms with E-state index in [9.17, 15) is 13.2 Å². The monoisotopic (exact) mass is 306 g/mol. The number of nitrogens with zero attached hydrogens (tertiary/aromatic N) is 1. The number of piperidine rings is 2. The quantitative estimate of drug-likeness (QED) is 0.910. The van der Waals surface area contributed by atoms with Crippen molar-refractivity contribution in [2.24, 2.45) is 5.92 Å². The fraction of sp³-hybridized carbons (Fsp3) is 0.615. The Morgan fingerprint density at radius 1 is 1.35 bits per heavy atom. The summed E-state index contributed by atoms with van der Waals surface area (Å²) in [6, 6.07) is 1.10. The average Bonchev–Trinajstić information content (AvgIpc) is 2.41. The van der Waals surface area contributed by atoms with Gasteiger partial charge in [0.25, 0.3) is 0 Å². The predicted molar refractivity (Wildman–Crippen MR) is 67.8 cm³/mol. The summed E-state index contributed by atoms with van der Waals surface area (Å²) in [5.74, 6) is 0.650. The van der Waals surface area contributed by atoms with Crippen molar-refractivity contribution in [3.8, 4) is 5.88 Å². The molecule has 0 amide bonds. The van der Waals surface area contributed by atoms with Crippen molar-refractivity contribution in [2.75, 3.05) is 6.54 Å². The summed E-state index contributed by atoms with van der Waals surface area (Å²) in [4.78, 5) is 3.72. The molecule has 20 heavy (non-hydrogen) atoms. The van der Waals surface area contributed by atoms with Crippen LogP contribution in [0.25, 0.3) is 0 Å². The Kier molecular flexibility index (Phi) is 3.54. The van der Waals surface area contributed by atoms with Crippen LogP contribution in [0.15, 0.2) is 12.3 Å². The van der Waals surface area contributed by atoms with Crippen LogP contribution in [0.1, 0.15) is 24.8 Å². The van der Waals surface area contributed by atoms with Crippen LogP contribution in [-0.2, 0) is 6.18 Å². The number of rotatable bonds is 2. The molecule has 2 aliphatic heterocycles. The lowest BCUT2D eigenvalue weighted by Gasteiger charge is -2.42. The van der Waals surface area contributed by atoms with Gasteiger partial charge in [0, 0.05) is 12.2 Å². The molecule has 1 aromatic heterocycles. The molecular formula is C13H14ClF3N2O. The number of aromatic nitrogens is 1. The van der Waals surface area contributed by atoms with Gasteiger partial charge in [0.1, 0.15) is 11.1 Å². The molecule has 0 unspecified atom stereocenters. The van der Waals surface area contributed by atoms with Crippen LogP contribution in [-0.4, -0.2) is 23.7 Å². The van der Waals surface area contributed by atoms with E-state index in [-0.39, 0.29) is 23.0 Å². The van der Waals surface area contributed by atoms with Crippen molar-refractivity contribution in [3.63, 3.8) is 0 Å². The van der Waals surface area contributed by atoms with Crippen LogP contribution in [0, 0.1) is 5.92 Å². The molecule has 3 heterocycles. The number of alkyl halides is 3. The Labute approximate surface area is 119 Å². The predicted octanol–water partition coefficient (Wildman–Crippen LogP) is 3.27. The third-order valence-corrected chi connectivity index (χ3v) is 4.24. The van der Waals surface area contributed by atoms with E-state index in [1.807, 2.05) is 0 Å². The normalized spacial score (nSPS) is 29.5. The summed E-state index contributed by atoms with van der Waals surface area (Å²) < 4.78 is 43.3. The molecule has 7 heteroatoms. The van der Waals surface area contributed by atoms with E-state index in [1.165, 1.54) is 6.42 Å². The summed E-state index contributed by atoms with van der Waals surface area (Å²) in [5, 5.41) is 3.27. The van der Waals surface area contributed by atoms with Gasteiger partial charge in [-0.15, -0.1) is 0 Å². The molecule has 1 N–H and O–H groups in total. The molecule has 1 aliphatic carbocycles. The first-order valence-electron chi connectivity index (χ1n) is 6.56. The van der Waals surface area contributed by atoms with Gasteiger partial charge in [0.05, 0.1) is 5.56 Å². The second kappa shape index (κ2) is 5.07. The van der Waals surface area contributed by atoms with Crippen LogP contribution >= 0.6 is 11.6 Å². The molecular weight excluding hydrogens is 293 g/mol. The zero-order chi connectivity index (χ0) is 14.3. The van der Waals surface area contributed by atoms with E-state index < -0.39 is 11.7 Å². The Hall–Kier alpha value is -1.01. The van der Waals surface area contributed by atoms with Crippen LogP contribution in [0.5, 0.6) is 5.88 Å². The summed E-state index contributed by atoms with van der Waals surface area (Å²) in [5.41, 5.74) is -0.863. The first-order valence-corrected chi connectivity index (χ1v) is 6.94. The van der Waals surface area contributed by atoms with Gasteiger partial charge < -0.3 is 10.1 Å². The van der Waals surface area contributed by atoms with E-state index in [1.54, 1.807) is 0 Å². The zero-order valence-electron chi connectivity index (χ0n) is 10.6. The maximum atomic E-state index is 12.5. The number of pyridine rings is 1. The molecule has 0 aromatic carbocycles. The Morgan fingerprint density at radius 3 is 2.65 bits per heavy atom. The minimum Gasteiger partial charge on any atom is -0.472 e. The highest BCUT2D eigenvalue weighted by Crippen LogP contribution is 2.36. The first-order chi connectivity index (χ1) is 9.43. The molecule has 4 rings (SSSR count). The maximum absolute atomic E-state index is 12.5. The Morgan fingerprint density at radius 2 is 2.15 bits per heavy atom. The average molecular weight is 307 g/mol. The second-order valence-electron chi connectivity index (χ2n) is 5.36. The van der Waals surface area contributed by atoms with Gasteiger partial charge >= 0.3 is 6.18 Å². The third kappa shape index (κ3) is 2.72. The number of nitrogens with one attached hydrogen (secondary N) is 1. The molecule has 2 bridgehead atoms. The van der Waals surface area contributed by atoms with Gasteiger partial charge in [-0.05, 0) is 37.8 Å². The lowest BCUT2D eigenvalue weighted by atomic mass is 9.79. The van der Waals surface area contributed by atoms with Gasteiger partial charge in [-0.3, -0.25) is 0 Å². The van der Waals surface area contributed by atoms with E-state index in [2.05, 4.69) is 10.3 Å². The SMILES string of the molecule is FC(F)(F)c1cnc(O[C@@H]2C[C@H]3CC[C@@H]2NC3)c(Cl)c1. The molecule has 3 nitrogen and oxygen atoms in total. The molecule has 110 valence electrons. The summed E-state index contributed by atoms with van der Waals surface area (Å²) in [6.45, 7) is 0.985. The fourth-order valence-corrected chi connectivity index (χ4v) is 3.10. The van der Waals surface area contributed by atoms with Crippen molar-refractivity contribution < 1.29 is 17.9 Å². The lowest BCUT2D eigenvalue weighted by Crippen LogP contribution is -2.55. The number of halogens is 4.